The molecule has 1 rings (SSSR count). The van der Waals surface area contributed by atoms with Gasteiger partial charge in [-0.1, -0.05) is 12.0 Å². The van der Waals surface area contributed by atoms with Gasteiger partial charge >= 0.3 is 5.97 Å². The van der Waals surface area contributed by atoms with Crippen molar-refractivity contribution in [2.75, 3.05) is 25.1 Å². The van der Waals surface area contributed by atoms with Gasteiger partial charge in [0.05, 0.1) is 19.6 Å². The lowest BCUT2D eigenvalue weighted by molar-refractivity contribution is -0.138. The molecule has 7 nitrogen and oxygen atoms in total. The van der Waals surface area contributed by atoms with Crippen LogP contribution >= 0.6 is 0 Å². The summed E-state index contributed by atoms with van der Waals surface area (Å²) < 4.78 is 0. The van der Waals surface area contributed by atoms with Crippen molar-refractivity contribution in [2.45, 2.75) is 0 Å². The number of hydrazine groups is 1. The van der Waals surface area contributed by atoms with Crippen molar-refractivity contribution in [1.29, 1.82) is 0 Å². The normalized spacial score (nSPS) is 9.68. The molecular formula is C12H14N4O3. The van der Waals surface area contributed by atoms with Crippen LogP contribution in [0, 0.1) is 12.3 Å². The molecule has 3 N–H and O–H groups in total. The first-order chi connectivity index (χ1) is 9.11. The fourth-order valence-electron chi connectivity index (χ4n) is 1.30. The summed E-state index contributed by atoms with van der Waals surface area (Å²) in [6, 6.07) is 5.18. The number of aromatic nitrogens is 1. The predicted molar refractivity (Wildman–Crippen MR) is 68.9 cm³/mol. The van der Waals surface area contributed by atoms with Crippen molar-refractivity contribution in [2.24, 2.45) is 0 Å². The first-order valence-corrected chi connectivity index (χ1v) is 5.45. The van der Waals surface area contributed by atoms with E-state index in [9.17, 15) is 9.59 Å². The Bertz CT molecular complexity index is 470. The van der Waals surface area contributed by atoms with E-state index in [0.717, 1.165) is 0 Å². The van der Waals surface area contributed by atoms with Crippen LogP contribution in [-0.4, -0.2) is 46.5 Å². The van der Waals surface area contributed by atoms with Crippen LogP contribution in [0.3, 0.4) is 0 Å². The third-order valence-electron chi connectivity index (χ3n) is 2.04. The number of carbonyl (C=O) groups is 2. The Kier molecular flexibility index (Phi) is 5.85. The number of nitrogens with zero attached hydrogens (tertiary/aromatic N) is 2. The molecular weight excluding hydrogens is 248 g/mol. The largest absolute Gasteiger partial charge is 0.480 e. The summed E-state index contributed by atoms with van der Waals surface area (Å²) in [4.78, 5) is 27.4. The Hall–Kier alpha value is -2.59. The highest BCUT2D eigenvalue weighted by molar-refractivity contribution is 5.80. The summed E-state index contributed by atoms with van der Waals surface area (Å²) in [6.07, 6.45) is 6.68. The number of carboxylic acids is 1. The number of hydrogen-bond acceptors (Lipinski definition) is 5. The van der Waals surface area contributed by atoms with E-state index in [1.54, 1.807) is 24.4 Å². The fraction of sp³-hybridized carbons (Fsp3) is 0.250. The lowest BCUT2D eigenvalue weighted by Crippen LogP contribution is -2.42. The van der Waals surface area contributed by atoms with Crippen molar-refractivity contribution in [1.82, 2.24) is 15.3 Å². The van der Waals surface area contributed by atoms with E-state index in [2.05, 4.69) is 21.8 Å². The molecule has 0 atom stereocenters. The van der Waals surface area contributed by atoms with Crippen LogP contribution in [0.5, 0.6) is 0 Å². The molecule has 1 heterocycles. The van der Waals surface area contributed by atoms with E-state index < -0.39 is 11.9 Å². The average Bonchev–Trinajstić information content (AvgIpc) is 2.37. The standard InChI is InChI=1S/C12H14N4O3/c1-2-7-16(9-12(18)19)8-11(17)15-14-10-5-3-4-6-13-10/h1,3-6H,7-9H2,(H,13,14)(H,15,17)(H,18,19). The zero-order valence-corrected chi connectivity index (χ0v) is 10.2. The van der Waals surface area contributed by atoms with Gasteiger partial charge in [-0.25, -0.2) is 4.98 Å². The quantitative estimate of drug-likeness (QED) is 0.455. The molecule has 100 valence electrons. The fourth-order valence-corrected chi connectivity index (χ4v) is 1.30. The third kappa shape index (κ3) is 6.05. The molecule has 0 unspecified atom stereocenters. The number of terminal acetylenes is 1. The Labute approximate surface area is 110 Å². The second-order valence-electron chi connectivity index (χ2n) is 3.63. The number of rotatable bonds is 7. The van der Waals surface area contributed by atoms with E-state index in [1.807, 2.05) is 0 Å². The minimum atomic E-state index is -1.04. The van der Waals surface area contributed by atoms with Crippen molar-refractivity contribution >= 4 is 17.7 Å². The van der Waals surface area contributed by atoms with Gasteiger partial charge in [-0.2, -0.15) is 0 Å². The highest BCUT2D eigenvalue weighted by Crippen LogP contribution is 1.96. The molecule has 7 heteroatoms. The SMILES string of the molecule is C#CCN(CC(=O)O)CC(=O)NNc1ccccn1. The third-order valence-corrected chi connectivity index (χ3v) is 2.04. The molecule has 0 saturated heterocycles. The lowest BCUT2D eigenvalue weighted by Gasteiger charge is -2.16. The summed E-state index contributed by atoms with van der Waals surface area (Å²) in [7, 11) is 0. The van der Waals surface area contributed by atoms with Crippen molar-refractivity contribution in [3.05, 3.63) is 24.4 Å². The van der Waals surface area contributed by atoms with Crippen LogP contribution in [0.25, 0.3) is 0 Å². The first-order valence-electron chi connectivity index (χ1n) is 5.45. The van der Waals surface area contributed by atoms with Crippen molar-refractivity contribution in [3.8, 4) is 12.3 Å². The number of carbonyl (C=O) groups excluding carboxylic acids is 1. The molecule has 0 aliphatic carbocycles. The molecule has 0 aliphatic heterocycles. The molecule has 0 bridgehead atoms. The Balaban J connectivity index is 2.40. The Morgan fingerprint density at radius 3 is 2.79 bits per heavy atom. The smallest absolute Gasteiger partial charge is 0.317 e. The van der Waals surface area contributed by atoms with Gasteiger partial charge in [-0.05, 0) is 12.1 Å². The van der Waals surface area contributed by atoms with E-state index in [1.165, 1.54) is 4.90 Å². The molecule has 0 saturated carbocycles. The van der Waals surface area contributed by atoms with E-state index in [-0.39, 0.29) is 19.6 Å². The average molecular weight is 262 g/mol. The number of amides is 1. The number of carboxylic acid groups (broad SMARTS) is 1. The van der Waals surface area contributed by atoms with E-state index >= 15 is 0 Å². The van der Waals surface area contributed by atoms with Gasteiger partial charge in [0.2, 0.25) is 0 Å². The number of aliphatic carboxylic acids is 1. The second-order valence-corrected chi connectivity index (χ2v) is 3.63. The topological polar surface area (TPSA) is 94.6 Å². The van der Waals surface area contributed by atoms with E-state index in [4.69, 9.17) is 11.5 Å². The van der Waals surface area contributed by atoms with Crippen LogP contribution in [0.1, 0.15) is 0 Å². The van der Waals surface area contributed by atoms with Crippen molar-refractivity contribution < 1.29 is 14.7 Å². The van der Waals surface area contributed by atoms with Gasteiger partial charge in [0, 0.05) is 6.20 Å². The van der Waals surface area contributed by atoms with Crippen LogP contribution in [-0.2, 0) is 9.59 Å². The molecule has 0 aromatic carbocycles. The Morgan fingerprint density at radius 1 is 1.42 bits per heavy atom. The van der Waals surface area contributed by atoms with Gasteiger partial charge in [0.15, 0.2) is 0 Å². The number of nitrogens with one attached hydrogen (secondary N) is 2. The summed E-state index contributed by atoms with van der Waals surface area (Å²) in [5, 5.41) is 8.66. The van der Waals surface area contributed by atoms with Gasteiger partial charge in [0.25, 0.3) is 5.91 Å². The van der Waals surface area contributed by atoms with E-state index in [0.29, 0.717) is 5.82 Å². The predicted octanol–water partition coefficient (Wildman–Crippen LogP) is -0.455. The van der Waals surface area contributed by atoms with Crippen LogP contribution in [0.2, 0.25) is 0 Å². The van der Waals surface area contributed by atoms with Gasteiger partial charge in [-0.3, -0.25) is 25.3 Å². The minimum absolute atomic E-state index is 0.0866. The summed E-state index contributed by atoms with van der Waals surface area (Å²) in [5.74, 6) is 1.34. The maximum atomic E-state index is 11.6. The highest BCUT2D eigenvalue weighted by Gasteiger charge is 2.12. The number of hydrogen-bond donors (Lipinski definition) is 3. The second kappa shape index (κ2) is 7.68. The van der Waals surface area contributed by atoms with Crippen LogP contribution in [0.15, 0.2) is 24.4 Å². The zero-order chi connectivity index (χ0) is 14.1. The molecule has 0 spiro atoms. The lowest BCUT2D eigenvalue weighted by atomic mass is 10.4. The number of anilines is 1. The summed E-state index contributed by atoms with van der Waals surface area (Å²) in [5.41, 5.74) is 5.02. The molecule has 0 fully saturated rings. The minimum Gasteiger partial charge on any atom is -0.480 e. The Morgan fingerprint density at radius 2 is 2.21 bits per heavy atom. The van der Waals surface area contributed by atoms with Crippen LogP contribution < -0.4 is 10.9 Å². The maximum Gasteiger partial charge on any atom is 0.317 e. The van der Waals surface area contributed by atoms with Gasteiger partial charge < -0.3 is 5.11 Å². The van der Waals surface area contributed by atoms with Gasteiger partial charge in [0.1, 0.15) is 5.82 Å². The summed E-state index contributed by atoms with van der Waals surface area (Å²) >= 11 is 0. The summed E-state index contributed by atoms with van der Waals surface area (Å²) in [6.45, 7) is -0.319. The molecule has 1 aromatic rings. The molecule has 0 radical (unpaired) electrons. The first kappa shape index (κ1) is 14.5. The molecule has 1 amide bonds. The van der Waals surface area contributed by atoms with Gasteiger partial charge in [-0.15, -0.1) is 6.42 Å². The van der Waals surface area contributed by atoms with Crippen LogP contribution in [0.4, 0.5) is 5.82 Å². The van der Waals surface area contributed by atoms with Crippen molar-refractivity contribution in [3.63, 3.8) is 0 Å². The number of pyridine rings is 1. The highest BCUT2D eigenvalue weighted by atomic mass is 16.4. The monoisotopic (exact) mass is 262 g/mol. The molecule has 19 heavy (non-hydrogen) atoms. The zero-order valence-electron chi connectivity index (χ0n) is 10.2. The maximum absolute atomic E-state index is 11.6. The molecule has 0 aliphatic rings. The molecule has 1 aromatic heterocycles.